The van der Waals surface area contributed by atoms with Crippen LogP contribution in [0.4, 0.5) is 0 Å². The molecule has 0 aromatic carbocycles. The third-order valence-corrected chi connectivity index (χ3v) is 3.25. The van der Waals surface area contributed by atoms with E-state index in [-0.39, 0.29) is 5.69 Å². The zero-order chi connectivity index (χ0) is 13.0. The SMILES string of the molecule is COC(=O)c1ncccc1OC[C@@H]1CCCN1C. The van der Waals surface area contributed by atoms with Crippen molar-refractivity contribution in [1.29, 1.82) is 0 Å². The van der Waals surface area contributed by atoms with Gasteiger partial charge in [-0.05, 0) is 38.6 Å². The van der Waals surface area contributed by atoms with Crippen LogP contribution in [0, 0.1) is 0 Å². The Balaban J connectivity index is 2.02. The molecule has 18 heavy (non-hydrogen) atoms. The number of rotatable bonds is 4. The van der Waals surface area contributed by atoms with Crippen molar-refractivity contribution in [2.24, 2.45) is 0 Å². The standard InChI is InChI=1S/C13H18N2O3/c1-15-8-4-5-10(15)9-18-11-6-3-7-14-12(11)13(16)17-2/h3,6-7,10H,4-5,8-9H2,1-2H3/t10-/m0/s1. The lowest BCUT2D eigenvalue weighted by Gasteiger charge is -2.20. The van der Waals surface area contributed by atoms with E-state index in [9.17, 15) is 4.79 Å². The number of aromatic nitrogens is 1. The van der Waals surface area contributed by atoms with Crippen molar-refractivity contribution < 1.29 is 14.3 Å². The van der Waals surface area contributed by atoms with Crippen LogP contribution in [-0.4, -0.2) is 49.2 Å². The minimum atomic E-state index is -0.467. The molecule has 0 spiro atoms. The first kappa shape index (κ1) is 12.8. The van der Waals surface area contributed by atoms with Gasteiger partial charge in [-0.3, -0.25) is 0 Å². The molecule has 5 heteroatoms. The summed E-state index contributed by atoms with van der Waals surface area (Å²) in [4.78, 5) is 17.8. The summed E-state index contributed by atoms with van der Waals surface area (Å²) in [6.45, 7) is 1.68. The first-order valence-electron chi connectivity index (χ1n) is 6.08. The third kappa shape index (κ3) is 2.79. The smallest absolute Gasteiger partial charge is 0.360 e. The molecule has 2 rings (SSSR count). The van der Waals surface area contributed by atoms with Crippen LogP contribution in [0.3, 0.4) is 0 Å². The summed E-state index contributed by atoms with van der Waals surface area (Å²) in [5, 5.41) is 0. The Bertz CT molecular complexity index is 422. The van der Waals surface area contributed by atoms with Crippen molar-refractivity contribution >= 4 is 5.97 Å². The van der Waals surface area contributed by atoms with E-state index in [2.05, 4.69) is 21.7 Å². The number of pyridine rings is 1. The summed E-state index contributed by atoms with van der Waals surface area (Å²) in [5.74, 6) is 0.0232. The molecule has 1 aromatic heterocycles. The van der Waals surface area contributed by atoms with E-state index in [0.29, 0.717) is 18.4 Å². The highest BCUT2D eigenvalue weighted by molar-refractivity contribution is 5.90. The molecule has 1 saturated heterocycles. The van der Waals surface area contributed by atoms with E-state index in [1.807, 2.05) is 0 Å². The van der Waals surface area contributed by atoms with Crippen LogP contribution in [0.2, 0.25) is 0 Å². The van der Waals surface area contributed by atoms with Crippen LogP contribution in [0.25, 0.3) is 0 Å². The predicted octanol–water partition coefficient (Wildman–Crippen LogP) is 1.34. The number of likely N-dealkylation sites (N-methyl/N-ethyl adjacent to an activating group) is 1. The van der Waals surface area contributed by atoms with Gasteiger partial charge >= 0.3 is 5.97 Å². The molecule has 0 amide bonds. The number of methoxy groups -OCH3 is 1. The largest absolute Gasteiger partial charge is 0.489 e. The molecule has 0 bridgehead atoms. The van der Waals surface area contributed by atoms with Gasteiger partial charge in [0.25, 0.3) is 0 Å². The molecular formula is C13H18N2O3. The van der Waals surface area contributed by atoms with Crippen molar-refractivity contribution in [3.63, 3.8) is 0 Å². The van der Waals surface area contributed by atoms with Gasteiger partial charge in [0.1, 0.15) is 6.61 Å². The monoisotopic (exact) mass is 250 g/mol. The molecule has 1 aliphatic rings. The van der Waals surface area contributed by atoms with Gasteiger partial charge in [-0.15, -0.1) is 0 Å². The summed E-state index contributed by atoms with van der Waals surface area (Å²) < 4.78 is 10.4. The second-order valence-electron chi connectivity index (χ2n) is 4.43. The molecule has 5 nitrogen and oxygen atoms in total. The van der Waals surface area contributed by atoms with E-state index >= 15 is 0 Å². The van der Waals surface area contributed by atoms with Crippen LogP contribution < -0.4 is 4.74 Å². The molecule has 0 N–H and O–H groups in total. The molecule has 1 atom stereocenters. The number of ether oxygens (including phenoxy) is 2. The maximum absolute atomic E-state index is 11.5. The molecule has 0 unspecified atom stereocenters. The Morgan fingerprint density at radius 1 is 1.61 bits per heavy atom. The summed E-state index contributed by atoms with van der Waals surface area (Å²) in [6.07, 6.45) is 3.88. The molecule has 0 radical (unpaired) electrons. The molecule has 1 aliphatic heterocycles. The van der Waals surface area contributed by atoms with Crippen molar-refractivity contribution in [3.8, 4) is 5.75 Å². The van der Waals surface area contributed by atoms with Gasteiger partial charge in [-0.1, -0.05) is 0 Å². The zero-order valence-corrected chi connectivity index (χ0v) is 10.8. The second-order valence-corrected chi connectivity index (χ2v) is 4.43. The fourth-order valence-electron chi connectivity index (χ4n) is 2.13. The Labute approximate surface area is 107 Å². The van der Waals surface area contributed by atoms with Crippen molar-refractivity contribution in [3.05, 3.63) is 24.0 Å². The molecule has 2 heterocycles. The van der Waals surface area contributed by atoms with Crippen LogP contribution in [0.5, 0.6) is 5.75 Å². The summed E-state index contributed by atoms with van der Waals surface area (Å²) in [6, 6.07) is 3.91. The number of nitrogens with zero attached hydrogens (tertiary/aromatic N) is 2. The van der Waals surface area contributed by atoms with Crippen LogP contribution in [-0.2, 0) is 4.74 Å². The van der Waals surface area contributed by atoms with Gasteiger partial charge in [0, 0.05) is 12.2 Å². The van der Waals surface area contributed by atoms with E-state index in [4.69, 9.17) is 4.74 Å². The minimum Gasteiger partial charge on any atom is -0.489 e. The van der Waals surface area contributed by atoms with Crippen LogP contribution in [0.1, 0.15) is 23.3 Å². The Hall–Kier alpha value is -1.62. The topological polar surface area (TPSA) is 51.7 Å². The number of likely N-dealkylation sites (tertiary alicyclic amines) is 1. The fourth-order valence-corrected chi connectivity index (χ4v) is 2.13. The van der Waals surface area contributed by atoms with Gasteiger partial charge < -0.3 is 14.4 Å². The van der Waals surface area contributed by atoms with Gasteiger partial charge in [-0.2, -0.15) is 0 Å². The molecule has 98 valence electrons. The fraction of sp³-hybridized carbons (Fsp3) is 0.538. The zero-order valence-electron chi connectivity index (χ0n) is 10.8. The Kier molecular flexibility index (Phi) is 4.15. The molecule has 1 fully saturated rings. The van der Waals surface area contributed by atoms with Crippen molar-refractivity contribution in [2.75, 3.05) is 27.3 Å². The van der Waals surface area contributed by atoms with Crippen LogP contribution in [0.15, 0.2) is 18.3 Å². The lowest BCUT2D eigenvalue weighted by Crippen LogP contribution is -2.30. The van der Waals surface area contributed by atoms with E-state index < -0.39 is 5.97 Å². The number of hydrogen-bond donors (Lipinski definition) is 0. The first-order valence-corrected chi connectivity index (χ1v) is 6.08. The molecule has 0 saturated carbocycles. The van der Waals surface area contributed by atoms with Crippen molar-refractivity contribution in [2.45, 2.75) is 18.9 Å². The summed E-state index contributed by atoms with van der Waals surface area (Å²) in [5.41, 5.74) is 0.237. The highest BCUT2D eigenvalue weighted by atomic mass is 16.5. The quantitative estimate of drug-likeness (QED) is 0.755. The Morgan fingerprint density at radius 2 is 2.44 bits per heavy atom. The summed E-state index contributed by atoms with van der Waals surface area (Å²) >= 11 is 0. The highest BCUT2D eigenvalue weighted by Gasteiger charge is 2.22. The van der Waals surface area contributed by atoms with E-state index in [0.717, 1.165) is 13.0 Å². The molecule has 0 aliphatic carbocycles. The van der Waals surface area contributed by atoms with Gasteiger partial charge in [0.2, 0.25) is 0 Å². The Morgan fingerprint density at radius 3 is 3.11 bits per heavy atom. The average molecular weight is 250 g/mol. The average Bonchev–Trinajstić information content (AvgIpc) is 2.81. The van der Waals surface area contributed by atoms with Gasteiger partial charge in [0.15, 0.2) is 11.4 Å². The first-order chi connectivity index (χ1) is 8.72. The molecular weight excluding hydrogens is 232 g/mol. The van der Waals surface area contributed by atoms with Gasteiger partial charge in [-0.25, -0.2) is 9.78 Å². The number of hydrogen-bond acceptors (Lipinski definition) is 5. The summed E-state index contributed by atoms with van der Waals surface area (Å²) in [7, 11) is 3.43. The third-order valence-electron chi connectivity index (χ3n) is 3.25. The minimum absolute atomic E-state index is 0.237. The highest BCUT2D eigenvalue weighted by Crippen LogP contribution is 2.20. The lowest BCUT2D eigenvalue weighted by atomic mass is 10.2. The van der Waals surface area contributed by atoms with E-state index in [1.54, 1.807) is 18.3 Å². The van der Waals surface area contributed by atoms with Crippen LogP contribution >= 0.6 is 0 Å². The molecule has 1 aromatic rings. The lowest BCUT2D eigenvalue weighted by molar-refractivity contribution is 0.0587. The van der Waals surface area contributed by atoms with Gasteiger partial charge in [0.05, 0.1) is 7.11 Å². The number of esters is 1. The number of carbonyl (C=O) groups is 1. The maximum atomic E-state index is 11.5. The number of carbonyl (C=O) groups excluding carboxylic acids is 1. The normalized spacial score (nSPS) is 19.8. The maximum Gasteiger partial charge on any atom is 0.360 e. The van der Waals surface area contributed by atoms with Crippen molar-refractivity contribution in [1.82, 2.24) is 9.88 Å². The van der Waals surface area contributed by atoms with E-state index in [1.165, 1.54) is 13.5 Å². The second kappa shape index (κ2) is 5.82. The predicted molar refractivity (Wildman–Crippen MR) is 66.7 cm³/mol.